The molecular weight excluding hydrogens is 352 g/mol. The highest BCUT2D eigenvalue weighted by Crippen LogP contribution is 2.16. The number of rotatable bonds is 7. The van der Waals surface area contributed by atoms with Crippen LogP contribution in [-0.2, 0) is 12.8 Å². The standard InChI is InChI=1S/C23H20N2O3/c1-2-27-21-12-8-19(9-13-21)23(26)28-22-14-11-20(25-16-22)10-7-17-3-5-18(15-24)6-4-17/h3-6,8-9,11-14,16H,2,7,10H2,1H3. The molecule has 140 valence electrons. The number of nitriles is 1. The number of carbonyl (C=O) groups is 1. The quantitative estimate of drug-likeness (QED) is 0.576. The second-order valence-electron chi connectivity index (χ2n) is 6.14. The average molecular weight is 372 g/mol. The van der Waals surface area contributed by atoms with Crippen molar-refractivity contribution < 1.29 is 14.3 Å². The molecular formula is C23H20N2O3. The number of ether oxygens (including phenoxy) is 2. The molecule has 0 radical (unpaired) electrons. The Balaban J connectivity index is 1.54. The van der Waals surface area contributed by atoms with Crippen molar-refractivity contribution in [2.45, 2.75) is 19.8 Å². The third kappa shape index (κ3) is 5.18. The van der Waals surface area contributed by atoms with Crippen LogP contribution in [0.3, 0.4) is 0 Å². The summed E-state index contributed by atoms with van der Waals surface area (Å²) in [5.74, 6) is 0.684. The maximum atomic E-state index is 12.2. The summed E-state index contributed by atoms with van der Waals surface area (Å²) < 4.78 is 10.7. The largest absolute Gasteiger partial charge is 0.494 e. The number of carbonyl (C=O) groups excluding carboxylic acids is 1. The Morgan fingerprint density at radius 2 is 1.68 bits per heavy atom. The molecule has 0 atom stereocenters. The smallest absolute Gasteiger partial charge is 0.343 e. The minimum Gasteiger partial charge on any atom is -0.494 e. The lowest BCUT2D eigenvalue weighted by molar-refractivity contribution is 0.0734. The van der Waals surface area contributed by atoms with Crippen LogP contribution in [0.2, 0.25) is 0 Å². The Hall–Kier alpha value is -3.65. The fourth-order valence-corrected chi connectivity index (χ4v) is 2.66. The maximum Gasteiger partial charge on any atom is 0.343 e. The Morgan fingerprint density at radius 1 is 0.964 bits per heavy atom. The average Bonchev–Trinajstić information content (AvgIpc) is 2.74. The molecule has 5 heteroatoms. The summed E-state index contributed by atoms with van der Waals surface area (Å²) in [6.07, 6.45) is 3.14. The van der Waals surface area contributed by atoms with E-state index in [1.807, 2.05) is 37.3 Å². The van der Waals surface area contributed by atoms with Crippen molar-refractivity contribution in [3.63, 3.8) is 0 Å². The number of aromatic nitrogens is 1. The zero-order chi connectivity index (χ0) is 19.8. The number of hydrogen-bond acceptors (Lipinski definition) is 5. The SMILES string of the molecule is CCOc1ccc(C(=O)Oc2ccc(CCc3ccc(C#N)cc3)nc2)cc1. The first-order chi connectivity index (χ1) is 13.7. The van der Waals surface area contributed by atoms with Crippen LogP contribution in [0.15, 0.2) is 66.9 Å². The van der Waals surface area contributed by atoms with E-state index in [1.54, 1.807) is 36.5 Å². The van der Waals surface area contributed by atoms with Gasteiger partial charge in [0.2, 0.25) is 0 Å². The third-order valence-electron chi connectivity index (χ3n) is 4.16. The monoisotopic (exact) mass is 372 g/mol. The molecule has 1 heterocycles. The summed E-state index contributed by atoms with van der Waals surface area (Å²) in [5, 5.41) is 8.83. The van der Waals surface area contributed by atoms with Crippen LogP contribution in [0.25, 0.3) is 0 Å². The summed E-state index contributed by atoms with van der Waals surface area (Å²) in [5.41, 5.74) is 3.16. The van der Waals surface area contributed by atoms with Crippen molar-refractivity contribution in [1.29, 1.82) is 5.26 Å². The van der Waals surface area contributed by atoms with Crippen LogP contribution in [-0.4, -0.2) is 17.6 Å². The predicted octanol–water partition coefficient (Wildman–Crippen LogP) is 4.36. The third-order valence-corrected chi connectivity index (χ3v) is 4.16. The van der Waals surface area contributed by atoms with E-state index in [4.69, 9.17) is 14.7 Å². The van der Waals surface area contributed by atoms with E-state index in [0.29, 0.717) is 29.2 Å². The Kier molecular flexibility index (Phi) is 6.37. The Morgan fingerprint density at radius 3 is 2.29 bits per heavy atom. The first-order valence-electron chi connectivity index (χ1n) is 9.07. The van der Waals surface area contributed by atoms with Gasteiger partial charge in [0.15, 0.2) is 0 Å². The van der Waals surface area contributed by atoms with Crippen molar-refractivity contribution in [2.24, 2.45) is 0 Å². The van der Waals surface area contributed by atoms with Gasteiger partial charge in [0.05, 0.1) is 30.0 Å². The molecule has 0 aliphatic rings. The van der Waals surface area contributed by atoms with Crippen molar-refractivity contribution in [2.75, 3.05) is 6.61 Å². The van der Waals surface area contributed by atoms with Gasteiger partial charge < -0.3 is 9.47 Å². The van der Waals surface area contributed by atoms with Crippen LogP contribution in [0.5, 0.6) is 11.5 Å². The second kappa shape index (κ2) is 9.33. The minimum absolute atomic E-state index is 0.404. The number of benzene rings is 2. The fraction of sp³-hybridized carbons (Fsp3) is 0.174. The van der Waals surface area contributed by atoms with Gasteiger partial charge in [-0.25, -0.2) is 4.79 Å². The van der Waals surface area contributed by atoms with E-state index in [1.165, 1.54) is 0 Å². The van der Waals surface area contributed by atoms with Gasteiger partial charge in [-0.15, -0.1) is 0 Å². The molecule has 0 amide bonds. The topological polar surface area (TPSA) is 72.2 Å². The van der Waals surface area contributed by atoms with Crippen molar-refractivity contribution in [3.8, 4) is 17.6 Å². The lowest BCUT2D eigenvalue weighted by atomic mass is 10.1. The highest BCUT2D eigenvalue weighted by molar-refractivity contribution is 5.91. The lowest BCUT2D eigenvalue weighted by Crippen LogP contribution is -2.08. The zero-order valence-electron chi connectivity index (χ0n) is 15.6. The molecule has 3 aromatic rings. The summed E-state index contributed by atoms with van der Waals surface area (Å²) in [4.78, 5) is 16.6. The van der Waals surface area contributed by atoms with Gasteiger partial charge in [0.25, 0.3) is 0 Å². The van der Waals surface area contributed by atoms with Crippen LogP contribution in [0, 0.1) is 11.3 Å². The van der Waals surface area contributed by atoms with E-state index < -0.39 is 5.97 Å². The number of nitrogens with zero attached hydrogens (tertiary/aromatic N) is 2. The molecule has 28 heavy (non-hydrogen) atoms. The van der Waals surface area contributed by atoms with Gasteiger partial charge in [-0.3, -0.25) is 4.98 Å². The molecule has 0 aliphatic heterocycles. The predicted molar refractivity (Wildman–Crippen MR) is 105 cm³/mol. The highest BCUT2D eigenvalue weighted by Gasteiger charge is 2.09. The number of pyridine rings is 1. The van der Waals surface area contributed by atoms with Crippen LogP contribution >= 0.6 is 0 Å². The first kappa shape index (κ1) is 19.1. The maximum absolute atomic E-state index is 12.2. The molecule has 3 rings (SSSR count). The first-order valence-corrected chi connectivity index (χ1v) is 9.07. The molecule has 0 spiro atoms. The molecule has 0 N–H and O–H groups in total. The second-order valence-corrected chi connectivity index (χ2v) is 6.14. The van der Waals surface area contributed by atoms with Gasteiger partial charge in [-0.2, -0.15) is 5.26 Å². The molecule has 5 nitrogen and oxygen atoms in total. The van der Waals surface area contributed by atoms with Gasteiger partial charge in [0, 0.05) is 5.69 Å². The summed E-state index contributed by atoms with van der Waals surface area (Å²) in [6, 6.07) is 20.1. The number of aryl methyl sites for hydroxylation is 2. The molecule has 0 aliphatic carbocycles. The van der Waals surface area contributed by atoms with Gasteiger partial charge in [-0.05, 0) is 73.9 Å². The van der Waals surface area contributed by atoms with Crippen molar-refractivity contribution in [1.82, 2.24) is 4.98 Å². The van der Waals surface area contributed by atoms with E-state index in [9.17, 15) is 4.79 Å². The molecule has 0 bridgehead atoms. The molecule has 0 fully saturated rings. The number of esters is 1. The number of hydrogen-bond donors (Lipinski definition) is 0. The van der Waals surface area contributed by atoms with Crippen molar-refractivity contribution in [3.05, 3.63) is 89.2 Å². The van der Waals surface area contributed by atoms with E-state index in [0.717, 1.165) is 24.1 Å². The van der Waals surface area contributed by atoms with Crippen molar-refractivity contribution >= 4 is 5.97 Å². The summed E-state index contributed by atoms with van der Waals surface area (Å²) >= 11 is 0. The highest BCUT2D eigenvalue weighted by atomic mass is 16.5. The van der Waals surface area contributed by atoms with Crippen LogP contribution < -0.4 is 9.47 Å². The van der Waals surface area contributed by atoms with Gasteiger partial charge in [-0.1, -0.05) is 12.1 Å². The Labute approximate surface area is 164 Å². The summed E-state index contributed by atoms with van der Waals surface area (Å²) in [7, 11) is 0. The minimum atomic E-state index is -0.435. The van der Waals surface area contributed by atoms with E-state index >= 15 is 0 Å². The van der Waals surface area contributed by atoms with Crippen LogP contribution in [0.1, 0.15) is 34.1 Å². The normalized spacial score (nSPS) is 10.1. The molecule has 0 unspecified atom stereocenters. The lowest BCUT2D eigenvalue weighted by Gasteiger charge is -2.07. The van der Waals surface area contributed by atoms with E-state index in [2.05, 4.69) is 11.1 Å². The van der Waals surface area contributed by atoms with Gasteiger partial charge >= 0.3 is 5.97 Å². The van der Waals surface area contributed by atoms with Crippen LogP contribution in [0.4, 0.5) is 0 Å². The molecule has 0 saturated heterocycles. The molecule has 2 aromatic carbocycles. The molecule has 0 saturated carbocycles. The summed E-state index contributed by atoms with van der Waals surface area (Å²) in [6.45, 7) is 2.48. The van der Waals surface area contributed by atoms with E-state index in [-0.39, 0.29) is 0 Å². The Bertz CT molecular complexity index is 957. The molecule has 1 aromatic heterocycles. The van der Waals surface area contributed by atoms with Gasteiger partial charge in [0.1, 0.15) is 11.5 Å². The fourth-order valence-electron chi connectivity index (χ4n) is 2.66. The zero-order valence-corrected chi connectivity index (χ0v) is 15.6.